The molecule has 5 heteroatoms. The molecule has 1 unspecified atom stereocenters. The van der Waals surface area contributed by atoms with E-state index in [1.165, 1.54) is 0 Å². The van der Waals surface area contributed by atoms with Gasteiger partial charge in [-0.3, -0.25) is 9.59 Å². The molecule has 114 valence electrons. The van der Waals surface area contributed by atoms with Gasteiger partial charge in [-0.1, -0.05) is 6.07 Å². The van der Waals surface area contributed by atoms with Crippen molar-refractivity contribution in [2.24, 2.45) is 0 Å². The van der Waals surface area contributed by atoms with Crippen LogP contribution >= 0.6 is 0 Å². The molecule has 1 saturated heterocycles. The van der Waals surface area contributed by atoms with Gasteiger partial charge in [0.05, 0.1) is 5.54 Å². The van der Waals surface area contributed by atoms with Crippen LogP contribution in [0.5, 0.6) is 0 Å². The van der Waals surface area contributed by atoms with Crippen molar-refractivity contribution in [1.82, 2.24) is 10.6 Å². The molecule has 0 saturated carbocycles. The summed E-state index contributed by atoms with van der Waals surface area (Å²) in [6.07, 6.45) is 2.98. The Kier molecular flexibility index (Phi) is 4.63. The zero-order valence-corrected chi connectivity index (χ0v) is 12.9. The van der Waals surface area contributed by atoms with E-state index in [0.717, 1.165) is 31.4 Å². The van der Waals surface area contributed by atoms with Gasteiger partial charge in [-0.05, 0) is 57.4 Å². The predicted molar refractivity (Wildman–Crippen MR) is 83.5 cm³/mol. The molecule has 1 heterocycles. The zero-order chi connectivity index (χ0) is 15.5. The molecular weight excluding hydrogens is 266 g/mol. The van der Waals surface area contributed by atoms with E-state index in [1.807, 2.05) is 19.9 Å². The highest BCUT2D eigenvalue weighted by atomic mass is 16.2. The molecule has 1 aliphatic heterocycles. The van der Waals surface area contributed by atoms with E-state index in [2.05, 4.69) is 16.0 Å². The lowest BCUT2D eigenvalue weighted by Gasteiger charge is -2.33. The SMILES string of the molecule is CNC(=O)c1ccc(C)c(NC(=O)C2(C)CCCCN2)c1. The number of carbonyl (C=O) groups is 2. The quantitative estimate of drug-likeness (QED) is 0.795. The zero-order valence-electron chi connectivity index (χ0n) is 12.9. The number of piperidine rings is 1. The predicted octanol–water partition coefficient (Wildman–Crippen LogP) is 1.83. The van der Waals surface area contributed by atoms with Crippen LogP contribution in [0.25, 0.3) is 0 Å². The summed E-state index contributed by atoms with van der Waals surface area (Å²) in [5.74, 6) is -0.202. The Morgan fingerprint density at radius 3 is 2.67 bits per heavy atom. The summed E-state index contributed by atoms with van der Waals surface area (Å²) in [5, 5.41) is 8.84. The number of hydrogen-bond acceptors (Lipinski definition) is 3. The normalized spacial score (nSPS) is 21.7. The second kappa shape index (κ2) is 6.26. The van der Waals surface area contributed by atoms with Gasteiger partial charge in [-0.2, -0.15) is 0 Å². The van der Waals surface area contributed by atoms with Crippen molar-refractivity contribution in [2.75, 3.05) is 18.9 Å². The molecule has 5 nitrogen and oxygen atoms in total. The lowest BCUT2D eigenvalue weighted by molar-refractivity contribution is -0.122. The lowest BCUT2D eigenvalue weighted by Crippen LogP contribution is -2.54. The van der Waals surface area contributed by atoms with Crippen molar-refractivity contribution < 1.29 is 9.59 Å². The number of aryl methyl sites for hydroxylation is 1. The molecular formula is C16H23N3O2. The average Bonchev–Trinajstić information content (AvgIpc) is 2.49. The summed E-state index contributed by atoms with van der Waals surface area (Å²) in [6, 6.07) is 5.32. The van der Waals surface area contributed by atoms with Gasteiger partial charge in [0.25, 0.3) is 5.91 Å². The van der Waals surface area contributed by atoms with E-state index in [-0.39, 0.29) is 11.8 Å². The third-order valence-corrected chi connectivity index (χ3v) is 4.09. The first-order valence-corrected chi connectivity index (χ1v) is 7.35. The first kappa shape index (κ1) is 15.5. The minimum absolute atomic E-state index is 0.0423. The van der Waals surface area contributed by atoms with Crippen molar-refractivity contribution in [1.29, 1.82) is 0 Å². The lowest BCUT2D eigenvalue weighted by atomic mass is 9.90. The Balaban J connectivity index is 2.18. The Morgan fingerprint density at radius 2 is 2.05 bits per heavy atom. The van der Waals surface area contributed by atoms with Crippen LogP contribution in [0.2, 0.25) is 0 Å². The fraction of sp³-hybridized carbons (Fsp3) is 0.500. The first-order valence-electron chi connectivity index (χ1n) is 7.35. The third kappa shape index (κ3) is 3.42. The molecule has 1 atom stereocenters. The van der Waals surface area contributed by atoms with Gasteiger partial charge in [-0.25, -0.2) is 0 Å². The average molecular weight is 289 g/mol. The molecule has 0 bridgehead atoms. The smallest absolute Gasteiger partial charge is 0.251 e. The van der Waals surface area contributed by atoms with Crippen molar-refractivity contribution in [3.05, 3.63) is 29.3 Å². The van der Waals surface area contributed by atoms with Gasteiger partial charge in [0, 0.05) is 18.3 Å². The number of amides is 2. The maximum atomic E-state index is 12.5. The molecule has 1 aliphatic rings. The van der Waals surface area contributed by atoms with E-state index in [9.17, 15) is 9.59 Å². The monoisotopic (exact) mass is 289 g/mol. The van der Waals surface area contributed by atoms with Crippen molar-refractivity contribution in [2.45, 2.75) is 38.6 Å². The molecule has 0 aromatic heterocycles. The maximum absolute atomic E-state index is 12.5. The summed E-state index contributed by atoms with van der Waals surface area (Å²) in [4.78, 5) is 24.2. The molecule has 2 amide bonds. The highest BCUT2D eigenvalue weighted by Crippen LogP contribution is 2.23. The molecule has 1 fully saturated rings. The summed E-state index contributed by atoms with van der Waals surface area (Å²) >= 11 is 0. The molecule has 3 N–H and O–H groups in total. The van der Waals surface area contributed by atoms with Crippen LogP contribution in [0, 0.1) is 6.92 Å². The number of nitrogens with one attached hydrogen (secondary N) is 3. The fourth-order valence-electron chi connectivity index (χ4n) is 2.55. The van der Waals surface area contributed by atoms with Crippen LogP contribution in [0.15, 0.2) is 18.2 Å². The van der Waals surface area contributed by atoms with Gasteiger partial charge >= 0.3 is 0 Å². The Labute approximate surface area is 125 Å². The second-order valence-corrected chi connectivity index (χ2v) is 5.78. The number of benzene rings is 1. The van der Waals surface area contributed by atoms with E-state index in [0.29, 0.717) is 11.3 Å². The van der Waals surface area contributed by atoms with Gasteiger partial charge in [0.2, 0.25) is 5.91 Å². The van der Waals surface area contributed by atoms with Gasteiger partial charge in [-0.15, -0.1) is 0 Å². The number of rotatable bonds is 3. The highest BCUT2D eigenvalue weighted by Gasteiger charge is 2.34. The second-order valence-electron chi connectivity index (χ2n) is 5.78. The largest absolute Gasteiger partial charge is 0.355 e. The molecule has 1 aromatic rings. The van der Waals surface area contributed by atoms with Crippen LogP contribution < -0.4 is 16.0 Å². The minimum atomic E-state index is -0.534. The number of carbonyl (C=O) groups excluding carboxylic acids is 2. The molecule has 0 spiro atoms. The highest BCUT2D eigenvalue weighted by molar-refractivity contribution is 6.00. The van der Waals surface area contributed by atoms with E-state index < -0.39 is 5.54 Å². The van der Waals surface area contributed by atoms with Crippen LogP contribution in [0.3, 0.4) is 0 Å². The summed E-state index contributed by atoms with van der Waals surface area (Å²) in [6.45, 7) is 4.71. The molecule has 2 rings (SSSR count). The first-order chi connectivity index (χ1) is 9.96. The van der Waals surface area contributed by atoms with Crippen molar-refractivity contribution >= 4 is 17.5 Å². The molecule has 1 aromatic carbocycles. The Hall–Kier alpha value is -1.88. The fourth-order valence-corrected chi connectivity index (χ4v) is 2.55. The summed E-state index contributed by atoms with van der Waals surface area (Å²) in [7, 11) is 1.59. The number of anilines is 1. The molecule has 0 radical (unpaired) electrons. The van der Waals surface area contributed by atoms with Crippen molar-refractivity contribution in [3.8, 4) is 0 Å². The maximum Gasteiger partial charge on any atom is 0.251 e. The molecule has 21 heavy (non-hydrogen) atoms. The Morgan fingerprint density at radius 1 is 1.29 bits per heavy atom. The standard InChI is InChI=1S/C16H23N3O2/c1-11-6-7-12(14(20)17-3)10-13(11)19-15(21)16(2)8-4-5-9-18-16/h6-7,10,18H,4-5,8-9H2,1-3H3,(H,17,20)(H,19,21). The van der Waals surface area contributed by atoms with Gasteiger partial charge in [0.15, 0.2) is 0 Å². The van der Waals surface area contributed by atoms with E-state index in [4.69, 9.17) is 0 Å². The Bertz CT molecular complexity index is 548. The third-order valence-electron chi connectivity index (χ3n) is 4.09. The van der Waals surface area contributed by atoms with E-state index >= 15 is 0 Å². The van der Waals surface area contributed by atoms with Crippen LogP contribution in [-0.4, -0.2) is 30.9 Å². The van der Waals surface area contributed by atoms with Crippen molar-refractivity contribution in [3.63, 3.8) is 0 Å². The summed E-state index contributed by atoms with van der Waals surface area (Å²) < 4.78 is 0. The minimum Gasteiger partial charge on any atom is -0.355 e. The molecule has 0 aliphatic carbocycles. The van der Waals surface area contributed by atoms with Gasteiger partial charge in [0.1, 0.15) is 0 Å². The van der Waals surface area contributed by atoms with E-state index in [1.54, 1.807) is 19.2 Å². The van der Waals surface area contributed by atoms with Crippen LogP contribution in [-0.2, 0) is 4.79 Å². The number of hydrogen-bond donors (Lipinski definition) is 3. The van der Waals surface area contributed by atoms with Gasteiger partial charge < -0.3 is 16.0 Å². The summed E-state index contributed by atoms with van der Waals surface area (Å²) in [5.41, 5.74) is 1.64. The van der Waals surface area contributed by atoms with Crippen LogP contribution in [0.4, 0.5) is 5.69 Å². The topological polar surface area (TPSA) is 70.2 Å². The van der Waals surface area contributed by atoms with Crippen LogP contribution in [0.1, 0.15) is 42.1 Å².